The molecule has 58 heavy (non-hydrogen) atoms. The molecular formula is C45H54F3N5O4S. The predicted molar refractivity (Wildman–Crippen MR) is 224 cm³/mol. The van der Waals surface area contributed by atoms with Crippen LogP contribution in [0.3, 0.4) is 0 Å². The molecular weight excluding hydrogens is 764 g/mol. The number of aromatic nitrogens is 4. The van der Waals surface area contributed by atoms with Crippen LogP contribution in [0.2, 0.25) is 0 Å². The van der Waals surface area contributed by atoms with Crippen molar-refractivity contribution in [2.45, 2.75) is 89.1 Å². The van der Waals surface area contributed by atoms with E-state index in [-0.39, 0.29) is 17.3 Å². The smallest absolute Gasteiger partial charge is 0.435 e. The van der Waals surface area contributed by atoms with Crippen molar-refractivity contribution in [3.8, 4) is 16.9 Å². The predicted octanol–water partition coefficient (Wildman–Crippen LogP) is 10.2. The summed E-state index contributed by atoms with van der Waals surface area (Å²) in [5.74, 6) is 2.07. The molecule has 9 nitrogen and oxygen atoms in total. The van der Waals surface area contributed by atoms with E-state index < -0.39 is 23.0 Å². The standard InChI is InChI=1S/C45H54F3N5O4S/c1-4-6-21-55-24-25-57-37-12-9-33(10-13-37)34-11-16-41-36(26-34)27-35(8-7-20-52(41)29-32-17-22-56-23-18-32)44-50-39-15-14-38(28-40(39)51-44)58(54)30-42-43(45(46,47)48)49-31(3)53(42)19-5-2/h9-16,26-28,32H,4-8,17-25,29-30H2,1-3H3,(H,50,51)/b35-27+. The lowest BCUT2D eigenvalue weighted by Gasteiger charge is -2.33. The van der Waals surface area contributed by atoms with E-state index in [0.29, 0.717) is 42.5 Å². The molecule has 2 aromatic heterocycles. The maximum atomic E-state index is 14.0. The van der Waals surface area contributed by atoms with Gasteiger partial charge in [-0.25, -0.2) is 9.97 Å². The third-order valence-electron chi connectivity index (χ3n) is 11.0. The number of nitrogens with one attached hydrogen (secondary N) is 1. The number of hydrogen-bond donors (Lipinski definition) is 1. The van der Waals surface area contributed by atoms with Gasteiger partial charge < -0.3 is 33.2 Å². The Balaban J connectivity index is 1.16. The third-order valence-corrected chi connectivity index (χ3v) is 12.3. The number of benzene rings is 3. The minimum atomic E-state index is -4.64. The first-order valence-corrected chi connectivity index (χ1v) is 21.9. The van der Waals surface area contributed by atoms with E-state index in [2.05, 4.69) is 58.2 Å². The van der Waals surface area contributed by atoms with Crippen molar-refractivity contribution < 1.29 is 31.9 Å². The van der Waals surface area contributed by atoms with Crippen LogP contribution in [0.25, 0.3) is 33.8 Å². The van der Waals surface area contributed by atoms with Gasteiger partial charge >= 0.3 is 6.18 Å². The Labute approximate surface area is 342 Å². The number of ether oxygens (including phenoxy) is 3. The molecule has 1 fully saturated rings. The van der Waals surface area contributed by atoms with E-state index in [9.17, 15) is 17.7 Å². The minimum Gasteiger partial charge on any atom is -0.611 e. The van der Waals surface area contributed by atoms with Crippen LogP contribution in [0.4, 0.5) is 18.9 Å². The highest BCUT2D eigenvalue weighted by Gasteiger charge is 2.40. The van der Waals surface area contributed by atoms with Gasteiger partial charge in [0.15, 0.2) is 16.3 Å². The van der Waals surface area contributed by atoms with Crippen molar-refractivity contribution in [1.82, 2.24) is 19.5 Å². The number of halogens is 3. The molecule has 310 valence electrons. The molecule has 13 heteroatoms. The van der Waals surface area contributed by atoms with Crippen LogP contribution in [0.1, 0.15) is 87.4 Å². The minimum absolute atomic E-state index is 0.0517. The number of H-pyrrole nitrogens is 1. The number of hydrogen-bond acceptors (Lipinski definition) is 7. The number of fused-ring (bicyclic) bond motifs is 2. The zero-order chi connectivity index (χ0) is 40.6. The SMILES string of the molecule is CCCCOCCOc1ccc(-c2ccc3c(c2)/C=C(/c2nc4cc([S+]([O-])Cc5c(C(F)(F)F)nc(C)n5CCC)ccc4[nH]2)CCCN3CC2CCOCC2)cc1. The number of imidazole rings is 2. The Morgan fingerprint density at radius 2 is 1.74 bits per heavy atom. The van der Waals surface area contributed by atoms with E-state index >= 15 is 0 Å². The molecule has 0 saturated carbocycles. The highest BCUT2D eigenvalue weighted by Crippen LogP contribution is 2.37. The van der Waals surface area contributed by atoms with Crippen LogP contribution in [-0.2, 0) is 39.1 Å². The fourth-order valence-corrected chi connectivity index (χ4v) is 9.07. The normalized spacial score (nSPS) is 16.8. The summed E-state index contributed by atoms with van der Waals surface area (Å²) in [4.78, 5) is 15.2. The van der Waals surface area contributed by atoms with Gasteiger partial charge in [-0.2, -0.15) is 13.2 Å². The van der Waals surface area contributed by atoms with Crippen molar-refractivity contribution in [3.63, 3.8) is 0 Å². The lowest BCUT2D eigenvalue weighted by atomic mass is 9.94. The summed E-state index contributed by atoms with van der Waals surface area (Å²) in [7, 11) is 0. The van der Waals surface area contributed by atoms with Gasteiger partial charge in [0, 0.05) is 51.2 Å². The molecule has 2 aliphatic rings. The zero-order valence-electron chi connectivity index (χ0n) is 33.7. The Bertz CT molecular complexity index is 2160. The van der Waals surface area contributed by atoms with E-state index in [0.717, 1.165) is 111 Å². The molecule has 3 aromatic carbocycles. The second-order valence-corrected chi connectivity index (χ2v) is 16.7. The van der Waals surface area contributed by atoms with Crippen LogP contribution in [0, 0.1) is 12.8 Å². The second kappa shape index (κ2) is 19.2. The lowest BCUT2D eigenvalue weighted by molar-refractivity contribution is -0.141. The van der Waals surface area contributed by atoms with Crippen LogP contribution >= 0.6 is 0 Å². The Kier molecular flexibility index (Phi) is 13.8. The highest BCUT2D eigenvalue weighted by molar-refractivity contribution is 7.90. The molecule has 0 spiro atoms. The van der Waals surface area contributed by atoms with Crippen LogP contribution in [0.15, 0.2) is 65.6 Å². The van der Waals surface area contributed by atoms with Crippen molar-refractivity contribution in [3.05, 3.63) is 89.3 Å². The largest absolute Gasteiger partial charge is 0.611 e. The first-order valence-electron chi connectivity index (χ1n) is 20.6. The number of unbranched alkanes of at least 4 members (excludes halogenated alkanes) is 1. The third kappa shape index (κ3) is 10.1. The average molecular weight is 818 g/mol. The quantitative estimate of drug-likeness (QED) is 0.0782. The van der Waals surface area contributed by atoms with E-state index in [1.54, 1.807) is 19.1 Å². The van der Waals surface area contributed by atoms with Gasteiger partial charge in [-0.1, -0.05) is 38.5 Å². The van der Waals surface area contributed by atoms with Crippen molar-refractivity contribution in [2.75, 3.05) is 51.0 Å². The van der Waals surface area contributed by atoms with Crippen molar-refractivity contribution >= 4 is 39.5 Å². The van der Waals surface area contributed by atoms with E-state index in [1.165, 1.54) is 10.3 Å². The van der Waals surface area contributed by atoms with E-state index in [4.69, 9.17) is 19.2 Å². The highest BCUT2D eigenvalue weighted by atomic mass is 32.2. The first kappa shape index (κ1) is 41.8. The van der Waals surface area contributed by atoms with Gasteiger partial charge in [-0.3, -0.25) is 0 Å². The molecule has 1 atom stereocenters. The van der Waals surface area contributed by atoms with Gasteiger partial charge in [0.05, 0.1) is 17.6 Å². The summed E-state index contributed by atoms with van der Waals surface area (Å²) < 4.78 is 74.4. The zero-order valence-corrected chi connectivity index (χ0v) is 34.5. The Morgan fingerprint density at radius 3 is 2.50 bits per heavy atom. The number of alkyl halides is 3. The maximum absolute atomic E-state index is 14.0. The Hall–Kier alpha value is -4.30. The molecule has 1 unspecified atom stereocenters. The van der Waals surface area contributed by atoms with Crippen LogP contribution in [0.5, 0.6) is 5.75 Å². The first-order chi connectivity index (χ1) is 28.1. The lowest BCUT2D eigenvalue weighted by Crippen LogP contribution is -2.34. The summed E-state index contributed by atoms with van der Waals surface area (Å²) in [6.07, 6.45) is 4.22. The number of nitrogens with zero attached hydrogens (tertiary/aromatic N) is 4. The molecule has 0 aliphatic carbocycles. The maximum Gasteiger partial charge on any atom is 0.435 e. The molecule has 0 amide bonds. The van der Waals surface area contributed by atoms with Gasteiger partial charge in [0.1, 0.15) is 29.7 Å². The summed E-state index contributed by atoms with van der Waals surface area (Å²) in [5.41, 5.74) is 5.88. The molecule has 2 aliphatic heterocycles. The number of aromatic amines is 1. The van der Waals surface area contributed by atoms with Gasteiger partial charge in [-0.15, -0.1) is 0 Å². The number of rotatable bonds is 16. The van der Waals surface area contributed by atoms with Crippen LogP contribution < -0.4 is 9.64 Å². The number of aryl methyl sites for hydroxylation is 1. The molecule has 5 aromatic rings. The molecule has 4 heterocycles. The molecule has 1 N–H and O–H groups in total. The summed E-state index contributed by atoms with van der Waals surface area (Å²) in [5, 5.41) is 0. The molecule has 1 saturated heterocycles. The van der Waals surface area contributed by atoms with Gasteiger partial charge in [0.2, 0.25) is 0 Å². The van der Waals surface area contributed by atoms with Gasteiger partial charge in [0.25, 0.3) is 0 Å². The number of anilines is 1. The van der Waals surface area contributed by atoms with Gasteiger partial charge in [-0.05, 0) is 127 Å². The summed E-state index contributed by atoms with van der Waals surface area (Å²) in [6.45, 7) is 11.3. The monoisotopic (exact) mass is 817 g/mol. The molecule has 7 rings (SSSR count). The summed E-state index contributed by atoms with van der Waals surface area (Å²) in [6, 6.07) is 20.1. The van der Waals surface area contributed by atoms with Crippen molar-refractivity contribution in [2.24, 2.45) is 5.92 Å². The summed E-state index contributed by atoms with van der Waals surface area (Å²) >= 11 is -1.76. The average Bonchev–Trinajstić information content (AvgIpc) is 3.78. The fraction of sp³-hybridized carbons (Fsp3) is 0.467. The Morgan fingerprint density at radius 1 is 0.948 bits per heavy atom. The van der Waals surface area contributed by atoms with E-state index in [1.807, 2.05) is 25.1 Å². The van der Waals surface area contributed by atoms with Crippen molar-refractivity contribution in [1.29, 1.82) is 0 Å². The topological polar surface area (TPSA) is 100 Å². The fourth-order valence-electron chi connectivity index (χ4n) is 7.90. The second-order valence-electron chi connectivity index (χ2n) is 15.2. The van der Waals surface area contributed by atoms with Crippen LogP contribution in [-0.4, -0.2) is 70.2 Å². The molecule has 0 bridgehead atoms. The molecule has 0 radical (unpaired) electrons. The number of allylic oxidation sites excluding steroid dienone is 1.